The summed E-state index contributed by atoms with van der Waals surface area (Å²) in [6, 6.07) is 4.11. The van der Waals surface area contributed by atoms with Gasteiger partial charge in [-0.2, -0.15) is 0 Å². The van der Waals surface area contributed by atoms with Gasteiger partial charge in [0.2, 0.25) is 0 Å². The molecule has 1 aliphatic heterocycles. The first-order valence-electron chi connectivity index (χ1n) is 5.95. The molecule has 0 atom stereocenters. The minimum Gasteiger partial charge on any atom is -0.323 e. The second kappa shape index (κ2) is 3.74. The van der Waals surface area contributed by atoms with Crippen LogP contribution in [-0.4, -0.2) is 25.9 Å². The zero-order valence-electron chi connectivity index (χ0n) is 9.18. The Morgan fingerprint density at radius 2 is 1.54 bits per heavy atom. The molecule has 0 bridgehead atoms. The van der Waals surface area contributed by atoms with Crippen molar-refractivity contribution in [3.63, 3.8) is 0 Å². The Morgan fingerprint density at radius 1 is 1.00 bits per heavy atom. The van der Waals surface area contributed by atoms with Crippen LogP contribution in [0.15, 0.2) is 0 Å². The first-order valence-corrected chi connectivity index (χ1v) is 8.81. The molecule has 1 heterocycles. The Labute approximate surface area is 83.6 Å². The molecule has 1 saturated carbocycles. The summed E-state index contributed by atoms with van der Waals surface area (Å²) in [7, 11) is 1.50. The average Bonchev–Trinajstić information content (AvgIpc) is 2.73. The van der Waals surface area contributed by atoms with E-state index >= 15 is 0 Å². The number of nitrogens with zero attached hydrogens (tertiary/aromatic N) is 1. The standard InChI is InChI=1S/C11H23NSi/c1-12(11-7-3-4-8-11)13(2)9-5-6-10-13/h11H,3-10H2,1-2H3. The molecule has 1 nitrogen and oxygen atoms in total. The Bertz CT molecular complexity index is 169. The van der Waals surface area contributed by atoms with Crippen LogP contribution in [0.4, 0.5) is 0 Å². The molecule has 0 N–H and O–H groups in total. The minimum atomic E-state index is -0.921. The molecule has 2 rings (SSSR count). The summed E-state index contributed by atoms with van der Waals surface area (Å²) in [4.78, 5) is 0. The first kappa shape index (κ1) is 9.72. The molecular formula is C11H23NSi. The molecule has 0 radical (unpaired) electrons. The molecule has 2 aliphatic rings. The van der Waals surface area contributed by atoms with E-state index in [2.05, 4.69) is 18.2 Å². The van der Waals surface area contributed by atoms with Gasteiger partial charge in [-0.05, 0) is 32.0 Å². The zero-order chi connectivity index (χ0) is 9.31. The molecule has 0 spiro atoms. The largest absolute Gasteiger partial charge is 0.323 e. The molecule has 76 valence electrons. The van der Waals surface area contributed by atoms with Gasteiger partial charge in [0.05, 0.1) is 0 Å². The lowest BCUT2D eigenvalue weighted by Gasteiger charge is -2.38. The highest BCUT2D eigenvalue weighted by atomic mass is 28.3. The maximum Gasteiger partial charge on any atom is 0.125 e. The van der Waals surface area contributed by atoms with Gasteiger partial charge in [-0.1, -0.05) is 32.2 Å². The van der Waals surface area contributed by atoms with Crippen LogP contribution in [0, 0.1) is 0 Å². The molecule has 0 aromatic carbocycles. The average molecular weight is 197 g/mol. The molecule has 0 amide bonds. The van der Waals surface area contributed by atoms with E-state index < -0.39 is 8.24 Å². The van der Waals surface area contributed by atoms with Gasteiger partial charge in [0.1, 0.15) is 8.24 Å². The van der Waals surface area contributed by atoms with Crippen molar-refractivity contribution in [1.82, 2.24) is 4.57 Å². The molecule has 0 unspecified atom stereocenters. The van der Waals surface area contributed by atoms with Crippen molar-refractivity contribution in [3.05, 3.63) is 0 Å². The summed E-state index contributed by atoms with van der Waals surface area (Å²) >= 11 is 0. The Balaban J connectivity index is 1.97. The first-order chi connectivity index (χ1) is 6.22. The van der Waals surface area contributed by atoms with Crippen molar-refractivity contribution in [1.29, 1.82) is 0 Å². The summed E-state index contributed by atoms with van der Waals surface area (Å²) < 4.78 is 2.84. The molecule has 1 aliphatic carbocycles. The van der Waals surface area contributed by atoms with Crippen molar-refractivity contribution < 1.29 is 0 Å². The summed E-state index contributed by atoms with van der Waals surface area (Å²) in [5, 5.41) is 0. The van der Waals surface area contributed by atoms with Crippen molar-refractivity contribution in [2.75, 3.05) is 7.05 Å². The molecular weight excluding hydrogens is 174 g/mol. The van der Waals surface area contributed by atoms with Crippen LogP contribution in [0.1, 0.15) is 38.5 Å². The molecule has 1 saturated heterocycles. The fourth-order valence-corrected chi connectivity index (χ4v) is 7.34. The lowest BCUT2D eigenvalue weighted by molar-refractivity contribution is 0.372. The third kappa shape index (κ3) is 1.84. The fraction of sp³-hybridized carbons (Fsp3) is 1.00. The van der Waals surface area contributed by atoms with Crippen molar-refractivity contribution >= 4 is 8.24 Å². The highest BCUT2D eigenvalue weighted by Crippen LogP contribution is 2.36. The molecule has 2 fully saturated rings. The summed E-state index contributed by atoms with van der Waals surface area (Å²) in [6.07, 6.45) is 8.97. The maximum atomic E-state index is 2.84. The predicted octanol–water partition coefficient (Wildman–Crippen LogP) is 3.23. The summed E-state index contributed by atoms with van der Waals surface area (Å²) in [6.45, 7) is 2.61. The smallest absolute Gasteiger partial charge is 0.125 e. The fourth-order valence-electron chi connectivity index (χ4n) is 3.22. The van der Waals surface area contributed by atoms with E-state index in [0.29, 0.717) is 0 Å². The van der Waals surface area contributed by atoms with Gasteiger partial charge in [0.25, 0.3) is 0 Å². The second-order valence-electron chi connectivity index (χ2n) is 5.25. The lowest BCUT2D eigenvalue weighted by atomic mass is 10.3. The van der Waals surface area contributed by atoms with Gasteiger partial charge < -0.3 is 4.57 Å². The van der Waals surface area contributed by atoms with Gasteiger partial charge in [0.15, 0.2) is 0 Å². The van der Waals surface area contributed by atoms with E-state index in [9.17, 15) is 0 Å². The lowest BCUT2D eigenvalue weighted by Crippen LogP contribution is -2.50. The maximum absolute atomic E-state index is 2.84. The number of rotatable bonds is 2. The van der Waals surface area contributed by atoms with Gasteiger partial charge >= 0.3 is 0 Å². The Kier molecular flexibility index (Phi) is 2.79. The van der Waals surface area contributed by atoms with E-state index in [1.807, 2.05) is 0 Å². The van der Waals surface area contributed by atoms with Crippen LogP contribution in [0.5, 0.6) is 0 Å². The second-order valence-corrected chi connectivity index (χ2v) is 9.95. The zero-order valence-corrected chi connectivity index (χ0v) is 10.2. The van der Waals surface area contributed by atoms with E-state index in [0.717, 1.165) is 6.04 Å². The van der Waals surface area contributed by atoms with Gasteiger partial charge in [0, 0.05) is 6.04 Å². The third-order valence-electron chi connectivity index (χ3n) is 4.40. The summed E-state index contributed by atoms with van der Waals surface area (Å²) in [5.74, 6) is 0. The van der Waals surface area contributed by atoms with Gasteiger partial charge in [-0.3, -0.25) is 0 Å². The highest BCUT2D eigenvalue weighted by molar-refractivity contribution is 6.76. The normalized spacial score (nSPS) is 28.8. The predicted molar refractivity (Wildman–Crippen MR) is 60.5 cm³/mol. The van der Waals surface area contributed by atoms with Crippen molar-refractivity contribution in [2.45, 2.75) is 63.2 Å². The van der Waals surface area contributed by atoms with Crippen LogP contribution in [0.3, 0.4) is 0 Å². The summed E-state index contributed by atoms with van der Waals surface area (Å²) in [5.41, 5.74) is 0. The highest BCUT2D eigenvalue weighted by Gasteiger charge is 2.39. The van der Waals surface area contributed by atoms with E-state index in [1.54, 1.807) is 12.1 Å². The van der Waals surface area contributed by atoms with Crippen LogP contribution in [-0.2, 0) is 0 Å². The molecule has 0 aromatic heterocycles. The van der Waals surface area contributed by atoms with E-state index in [-0.39, 0.29) is 0 Å². The van der Waals surface area contributed by atoms with Gasteiger partial charge in [-0.15, -0.1) is 0 Å². The van der Waals surface area contributed by atoms with Crippen molar-refractivity contribution in [2.24, 2.45) is 0 Å². The van der Waals surface area contributed by atoms with Crippen LogP contribution in [0.2, 0.25) is 18.6 Å². The molecule has 0 aromatic rings. The SMILES string of the molecule is CN(C1CCCC1)[Si]1(C)CCCC1. The van der Waals surface area contributed by atoms with Crippen LogP contribution in [0.25, 0.3) is 0 Å². The van der Waals surface area contributed by atoms with Crippen molar-refractivity contribution in [3.8, 4) is 0 Å². The molecule has 2 heteroatoms. The van der Waals surface area contributed by atoms with Crippen LogP contribution >= 0.6 is 0 Å². The van der Waals surface area contributed by atoms with E-state index in [4.69, 9.17) is 0 Å². The quantitative estimate of drug-likeness (QED) is 0.614. The third-order valence-corrected chi connectivity index (χ3v) is 9.33. The Morgan fingerprint density at radius 3 is 2.08 bits per heavy atom. The molecule has 13 heavy (non-hydrogen) atoms. The number of hydrogen-bond acceptors (Lipinski definition) is 1. The monoisotopic (exact) mass is 197 g/mol. The topological polar surface area (TPSA) is 3.24 Å². The minimum absolute atomic E-state index is 0.921. The van der Waals surface area contributed by atoms with E-state index in [1.165, 1.54) is 38.5 Å². The number of hydrogen-bond donors (Lipinski definition) is 0. The Hall–Kier alpha value is 0.177. The van der Waals surface area contributed by atoms with Crippen LogP contribution < -0.4 is 0 Å². The van der Waals surface area contributed by atoms with Gasteiger partial charge in [-0.25, -0.2) is 0 Å².